The highest BCUT2D eigenvalue weighted by atomic mass is 127. The third kappa shape index (κ3) is 5.26. The van der Waals surface area contributed by atoms with Crippen LogP contribution in [0.25, 0.3) is 0 Å². The van der Waals surface area contributed by atoms with Gasteiger partial charge < -0.3 is 4.74 Å². The highest BCUT2D eigenvalue weighted by Gasteiger charge is 2.45. The summed E-state index contributed by atoms with van der Waals surface area (Å²) in [5.74, 6) is -0.600. The third-order valence-electron chi connectivity index (χ3n) is 2.02. The summed E-state index contributed by atoms with van der Waals surface area (Å²) in [5.41, 5.74) is -5.36. The molecule has 0 aromatic heterocycles. The molecule has 10 heteroatoms. The molecule has 0 rings (SSSR count). The summed E-state index contributed by atoms with van der Waals surface area (Å²) >= 11 is 1.85. The van der Waals surface area contributed by atoms with Crippen molar-refractivity contribution in [3.63, 3.8) is 0 Å². The molecule has 0 aromatic carbocycles. The zero-order valence-corrected chi connectivity index (χ0v) is 12.6. The maximum absolute atomic E-state index is 11.9. The number of sulfonamides is 1. The summed E-state index contributed by atoms with van der Waals surface area (Å²) in [6, 6.07) is 0. The number of halogens is 4. The van der Waals surface area contributed by atoms with Crippen molar-refractivity contribution in [2.24, 2.45) is 0 Å². The van der Waals surface area contributed by atoms with Crippen LogP contribution in [0.4, 0.5) is 13.2 Å². The van der Waals surface area contributed by atoms with Crippen LogP contribution in [0.1, 0.15) is 20.3 Å². The first-order chi connectivity index (χ1) is 7.94. The topological polar surface area (TPSA) is 72.5 Å². The van der Waals surface area contributed by atoms with E-state index in [1.165, 1.54) is 4.72 Å². The minimum absolute atomic E-state index is 0.452. The Bertz CT molecular complexity index is 394. The minimum Gasteiger partial charge on any atom is -0.463 e. The van der Waals surface area contributed by atoms with Crippen LogP contribution in [0.2, 0.25) is 0 Å². The average molecular weight is 403 g/mol. The first-order valence-electron chi connectivity index (χ1n) is 4.86. The van der Waals surface area contributed by atoms with Gasteiger partial charge in [-0.2, -0.15) is 13.2 Å². The molecule has 0 saturated carbocycles. The quantitative estimate of drug-likeness (QED) is 0.316. The van der Waals surface area contributed by atoms with E-state index in [-0.39, 0.29) is 0 Å². The molecular weight excluding hydrogens is 390 g/mol. The van der Waals surface area contributed by atoms with Gasteiger partial charge in [0.25, 0.3) is 0 Å². The van der Waals surface area contributed by atoms with Crippen LogP contribution in [0.3, 0.4) is 0 Å². The van der Waals surface area contributed by atoms with Gasteiger partial charge >= 0.3 is 21.5 Å². The van der Waals surface area contributed by atoms with Gasteiger partial charge in [-0.25, -0.2) is 13.1 Å². The van der Waals surface area contributed by atoms with E-state index in [0.717, 1.165) is 0 Å². The normalized spacial score (nSPS) is 16.1. The van der Waals surface area contributed by atoms with Crippen LogP contribution in [0, 0.1) is 0 Å². The number of rotatable bonds is 6. The van der Waals surface area contributed by atoms with Crippen molar-refractivity contribution in [2.45, 2.75) is 29.2 Å². The molecule has 0 amide bonds. The molecule has 1 unspecified atom stereocenters. The molecular formula is C8H13F3INO4S. The van der Waals surface area contributed by atoms with Crippen LogP contribution in [-0.2, 0) is 19.6 Å². The first-order valence-corrected chi connectivity index (χ1v) is 7.42. The van der Waals surface area contributed by atoms with Crippen molar-refractivity contribution in [3.05, 3.63) is 0 Å². The van der Waals surface area contributed by atoms with Crippen LogP contribution in [0.5, 0.6) is 0 Å². The number of hydrogen-bond donors (Lipinski definition) is 1. The highest BCUT2D eigenvalue weighted by molar-refractivity contribution is 14.1. The largest absolute Gasteiger partial charge is 0.511 e. The molecule has 5 nitrogen and oxygen atoms in total. The second-order valence-electron chi connectivity index (χ2n) is 3.53. The number of ether oxygens (including phenoxy) is 1. The Morgan fingerprint density at radius 1 is 1.39 bits per heavy atom. The van der Waals surface area contributed by atoms with Crippen molar-refractivity contribution in [3.8, 4) is 0 Å². The lowest BCUT2D eigenvalue weighted by Crippen LogP contribution is -2.39. The SMILES string of the molecule is CCC(C)(I)C(=O)OCCNS(=O)(=O)C(F)(F)F. The fourth-order valence-corrected chi connectivity index (χ4v) is 1.37. The molecule has 0 aliphatic carbocycles. The Morgan fingerprint density at radius 2 is 1.89 bits per heavy atom. The van der Waals surface area contributed by atoms with Gasteiger partial charge in [0.2, 0.25) is 0 Å². The monoisotopic (exact) mass is 403 g/mol. The molecule has 0 fully saturated rings. The lowest BCUT2D eigenvalue weighted by atomic mass is 10.1. The Kier molecular flexibility index (Phi) is 6.33. The lowest BCUT2D eigenvalue weighted by Gasteiger charge is -2.18. The van der Waals surface area contributed by atoms with E-state index in [4.69, 9.17) is 0 Å². The molecule has 1 N–H and O–H groups in total. The smallest absolute Gasteiger partial charge is 0.463 e. The van der Waals surface area contributed by atoms with Crippen LogP contribution in [-0.4, -0.2) is 36.5 Å². The van der Waals surface area contributed by atoms with Gasteiger partial charge in [-0.15, -0.1) is 0 Å². The Labute approximate surface area is 117 Å². The lowest BCUT2D eigenvalue weighted by molar-refractivity contribution is -0.145. The average Bonchev–Trinajstić information content (AvgIpc) is 2.22. The number of esters is 1. The Hall–Kier alpha value is -0.100. The van der Waals surface area contributed by atoms with Crippen molar-refractivity contribution in [2.75, 3.05) is 13.2 Å². The molecule has 0 radical (unpaired) electrons. The maximum atomic E-state index is 11.9. The molecule has 0 aliphatic rings. The third-order valence-corrected chi connectivity index (χ3v) is 4.42. The van der Waals surface area contributed by atoms with E-state index >= 15 is 0 Å². The zero-order chi connectivity index (χ0) is 14.6. The molecule has 1 atom stereocenters. The van der Waals surface area contributed by atoms with Crippen molar-refractivity contribution in [1.82, 2.24) is 4.72 Å². The van der Waals surface area contributed by atoms with Crippen LogP contribution >= 0.6 is 22.6 Å². The molecule has 0 heterocycles. The van der Waals surface area contributed by atoms with Gasteiger partial charge in [0, 0.05) is 6.54 Å². The summed E-state index contributed by atoms with van der Waals surface area (Å²) in [6.07, 6.45) is 0.487. The summed E-state index contributed by atoms with van der Waals surface area (Å²) < 4.78 is 62.0. The van der Waals surface area contributed by atoms with Gasteiger partial charge in [0.05, 0.1) is 0 Å². The number of hydrogen-bond acceptors (Lipinski definition) is 4. The molecule has 108 valence electrons. The van der Waals surface area contributed by atoms with E-state index in [1.54, 1.807) is 13.8 Å². The molecule has 0 saturated heterocycles. The molecule has 0 bridgehead atoms. The zero-order valence-electron chi connectivity index (χ0n) is 9.67. The predicted molar refractivity (Wildman–Crippen MR) is 66.7 cm³/mol. The molecule has 0 aromatic rings. The van der Waals surface area contributed by atoms with Gasteiger partial charge in [0.1, 0.15) is 10.0 Å². The second-order valence-corrected chi connectivity index (χ2v) is 7.67. The molecule has 0 aliphatic heterocycles. The van der Waals surface area contributed by atoms with Crippen molar-refractivity contribution in [1.29, 1.82) is 0 Å². The number of nitrogens with one attached hydrogen (secondary N) is 1. The van der Waals surface area contributed by atoms with Gasteiger partial charge in [-0.05, 0) is 13.3 Å². The summed E-state index contributed by atoms with van der Waals surface area (Å²) in [5, 5.41) is 0. The van der Waals surface area contributed by atoms with E-state index in [0.29, 0.717) is 6.42 Å². The van der Waals surface area contributed by atoms with E-state index < -0.39 is 38.1 Å². The Balaban J connectivity index is 4.15. The maximum Gasteiger partial charge on any atom is 0.511 e. The fourth-order valence-electron chi connectivity index (χ4n) is 0.696. The number of carbonyl (C=O) groups excluding carboxylic acids is 1. The van der Waals surface area contributed by atoms with Crippen molar-refractivity contribution < 1.29 is 31.1 Å². The van der Waals surface area contributed by atoms with Crippen molar-refractivity contribution >= 4 is 38.6 Å². The number of alkyl halides is 4. The second kappa shape index (κ2) is 6.37. The van der Waals surface area contributed by atoms with Crippen LogP contribution in [0.15, 0.2) is 0 Å². The van der Waals surface area contributed by atoms with E-state index in [1.807, 2.05) is 22.6 Å². The van der Waals surface area contributed by atoms with Gasteiger partial charge in [-0.1, -0.05) is 29.5 Å². The minimum atomic E-state index is -5.38. The fraction of sp³-hybridized carbons (Fsp3) is 0.875. The molecule has 0 spiro atoms. The Morgan fingerprint density at radius 3 is 2.28 bits per heavy atom. The highest BCUT2D eigenvalue weighted by Crippen LogP contribution is 2.24. The van der Waals surface area contributed by atoms with Gasteiger partial charge in [0.15, 0.2) is 0 Å². The number of carbonyl (C=O) groups is 1. The summed E-state index contributed by atoms with van der Waals surface area (Å²) in [6.45, 7) is 2.28. The van der Waals surface area contributed by atoms with E-state index in [2.05, 4.69) is 4.74 Å². The first kappa shape index (κ1) is 17.9. The van der Waals surface area contributed by atoms with E-state index in [9.17, 15) is 26.4 Å². The van der Waals surface area contributed by atoms with Gasteiger partial charge in [-0.3, -0.25) is 4.79 Å². The standard InChI is InChI=1S/C8H13F3INO4S/c1-3-7(2,12)6(14)17-5-4-13-18(15,16)8(9,10)11/h13H,3-5H2,1-2H3. The summed E-state index contributed by atoms with van der Waals surface area (Å²) in [4.78, 5) is 11.4. The summed E-state index contributed by atoms with van der Waals surface area (Å²) in [7, 11) is -5.38. The predicted octanol–water partition coefficient (Wildman–Crippen LogP) is 1.57. The molecule has 18 heavy (non-hydrogen) atoms. The van der Waals surface area contributed by atoms with Crippen LogP contribution < -0.4 is 4.72 Å².